The molecule has 0 radical (unpaired) electrons. The van der Waals surface area contributed by atoms with Crippen molar-refractivity contribution in [1.29, 1.82) is 0 Å². The van der Waals surface area contributed by atoms with Crippen molar-refractivity contribution in [1.82, 2.24) is 0 Å². The molecule has 100 valence electrons. The zero-order chi connectivity index (χ0) is 12.9. The van der Waals surface area contributed by atoms with Crippen molar-refractivity contribution in [2.24, 2.45) is 11.8 Å². The normalized spacial score (nSPS) is 31.2. The van der Waals surface area contributed by atoms with Gasteiger partial charge in [0, 0.05) is 12.5 Å². The number of ether oxygens (including phenoxy) is 1. The molecule has 0 aromatic heterocycles. The molecule has 0 aromatic rings. The van der Waals surface area contributed by atoms with Crippen molar-refractivity contribution < 1.29 is 9.53 Å². The van der Waals surface area contributed by atoms with Gasteiger partial charge >= 0.3 is 0 Å². The van der Waals surface area contributed by atoms with E-state index >= 15 is 0 Å². The van der Waals surface area contributed by atoms with Gasteiger partial charge in [-0.15, -0.1) is 0 Å². The third-order valence-electron chi connectivity index (χ3n) is 3.99. The monoisotopic (exact) mass is 240 g/mol. The number of rotatable bonds is 6. The summed E-state index contributed by atoms with van der Waals surface area (Å²) in [6, 6.07) is 0. The Morgan fingerprint density at radius 2 is 2.18 bits per heavy atom. The minimum Gasteiger partial charge on any atom is -0.367 e. The summed E-state index contributed by atoms with van der Waals surface area (Å²) in [6.07, 6.45) is 6.29. The van der Waals surface area contributed by atoms with Crippen LogP contribution in [-0.4, -0.2) is 18.0 Å². The lowest BCUT2D eigenvalue weighted by molar-refractivity contribution is -0.155. The molecule has 0 aromatic carbocycles. The van der Waals surface area contributed by atoms with Crippen molar-refractivity contribution in [3.05, 3.63) is 0 Å². The molecule has 0 heterocycles. The van der Waals surface area contributed by atoms with Crippen molar-refractivity contribution in [3.8, 4) is 0 Å². The zero-order valence-corrected chi connectivity index (χ0v) is 11.9. The molecule has 0 saturated heterocycles. The largest absolute Gasteiger partial charge is 0.367 e. The molecule has 2 nitrogen and oxygen atoms in total. The molecule has 1 saturated carbocycles. The molecule has 0 N–H and O–H groups in total. The second-order valence-corrected chi connectivity index (χ2v) is 5.68. The Labute approximate surface area is 106 Å². The Kier molecular flexibility index (Phi) is 5.64. The molecule has 0 aliphatic heterocycles. The molecule has 0 amide bonds. The average Bonchev–Trinajstić information content (AvgIpc) is 2.28. The predicted octanol–water partition coefficient (Wildman–Crippen LogP) is 3.98. The Morgan fingerprint density at radius 3 is 2.71 bits per heavy atom. The highest BCUT2D eigenvalue weighted by Crippen LogP contribution is 2.38. The van der Waals surface area contributed by atoms with Crippen LogP contribution in [0.1, 0.15) is 66.2 Å². The Balaban J connectivity index is 2.78. The molecule has 2 heteroatoms. The fraction of sp³-hybridized carbons (Fsp3) is 0.933. The zero-order valence-electron chi connectivity index (χ0n) is 11.9. The predicted molar refractivity (Wildman–Crippen MR) is 71.1 cm³/mol. The lowest BCUT2D eigenvalue weighted by atomic mass is 9.73. The summed E-state index contributed by atoms with van der Waals surface area (Å²) in [5.74, 6) is 1.12. The lowest BCUT2D eigenvalue weighted by Gasteiger charge is -2.40. The van der Waals surface area contributed by atoms with Crippen LogP contribution in [0, 0.1) is 11.8 Å². The molecule has 3 unspecified atom stereocenters. The molecule has 1 aliphatic rings. The van der Waals surface area contributed by atoms with Crippen molar-refractivity contribution in [2.45, 2.75) is 71.8 Å². The van der Waals surface area contributed by atoms with Crippen LogP contribution in [0.15, 0.2) is 0 Å². The number of hydrogen-bond donors (Lipinski definition) is 0. The van der Waals surface area contributed by atoms with E-state index in [4.69, 9.17) is 4.74 Å². The van der Waals surface area contributed by atoms with Gasteiger partial charge in [0.15, 0.2) is 5.78 Å². The highest BCUT2D eigenvalue weighted by atomic mass is 16.5. The van der Waals surface area contributed by atoms with E-state index in [-0.39, 0.29) is 5.92 Å². The fourth-order valence-electron chi connectivity index (χ4n) is 3.22. The van der Waals surface area contributed by atoms with Gasteiger partial charge in [-0.05, 0) is 38.5 Å². The molecule has 1 rings (SSSR count). The van der Waals surface area contributed by atoms with Gasteiger partial charge in [0.05, 0.1) is 0 Å². The van der Waals surface area contributed by atoms with E-state index in [0.717, 1.165) is 32.1 Å². The molecule has 0 spiro atoms. The average molecular weight is 240 g/mol. The second-order valence-electron chi connectivity index (χ2n) is 5.68. The van der Waals surface area contributed by atoms with E-state index < -0.39 is 5.60 Å². The molecule has 3 atom stereocenters. The van der Waals surface area contributed by atoms with Gasteiger partial charge in [0.25, 0.3) is 0 Å². The minimum absolute atomic E-state index is 0.150. The summed E-state index contributed by atoms with van der Waals surface area (Å²) in [6.45, 7) is 9.09. The maximum atomic E-state index is 12.6. The van der Waals surface area contributed by atoms with Gasteiger partial charge in [-0.3, -0.25) is 4.79 Å². The third kappa shape index (κ3) is 3.54. The summed E-state index contributed by atoms with van der Waals surface area (Å²) in [7, 11) is 0. The first-order chi connectivity index (χ1) is 8.05. The van der Waals surface area contributed by atoms with Crippen LogP contribution >= 0.6 is 0 Å². The van der Waals surface area contributed by atoms with Crippen LogP contribution in [0.2, 0.25) is 0 Å². The van der Waals surface area contributed by atoms with E-state index in [2.05, 4.69) is 20.8 Å². The number of Topliss-reactive ketones (excluding diaryl/α,β-unsaturated/α-hetero) is 1. The quantitative estimate of drug-likeness (QED) is 0.702. The van der Waals surface area contributed by atoms with E-state index in [1.165, 1.54) is 6.42 Å². The van der Waals surface area contributed by atoms with Gasteiger partial charge in [-0.25, -0.2) is 0 Å². The first kappa shape index (κ1) is 14.7. The standard InChI is InChI=1S/C15H28O2/c1-5-8-13(4)14(16)15(17-6-2)10-7-9-12(3)11-15/h12-13H,5-11H2,1-4H3. The number of carbonyl (C=O) groups is 1. The molecule has 17 heavy (non-hydrogen) atoms. The SMILES string of the molecule is CCCC(C)C(=O)C1(OCC)CCCC(C)C1. The van der Waals surface area contributed by atoms with Crippen LogP contribution in [0.5, 0.6) is 0 Å². The number of hydrogen-bond acceptors (Lipinski definition) is 2. The summed E-state index contributed by atoms with van der Waals surface area (Å²) >= 11 is 0. The smallest absolute Gasteiger partial charge is 0.167 e. The van der Waals surface area contributed by atoms with Gasteiger partial charge < -0.3 is 4.74 Å². The van der Waals surface area contributed by atoms with Crippen molar-refractivity contribution in [2.75, 3.05) is 6.61 Å². The van der Waals surface area contributed by atoms with Crippen LogP contribution in [0.3, 0.4) is 0 Å². The highest BCUT2D eigenvalue weighted by Gasteiger charge is 2.43. The Bertz CT molecular complexity index is 245. The van der Waals surface area contributed by atoms with Crippen LogP contribution in [-0.2, 0) is 9.53 Å². The summed E-state index contributed by atoms with van der Waals surface area (Å²) in [4.78, 5) is 12.6. The Morgan fingerprint density at radius 1 is 1.47 bits per heavy atom. The van der Waals surface area contributed by atoms with Gasteiger partial charge in [-0.1, -0.05) is 33.6 Å². The second kappa shape index (κ2) is 6.53. The summed E-state index contributed by atoms with van der Waals surface area (Å²) in [5, 5.41) is 0. The van der Waals surface area contributed by atoms with E-state index in [1.807, 2.05) is 6.92 Å². The van der Waals surface area contributed by atoms with Gasteiger partial charge in [-0.2, -0.15) is 0 Å². The third-order valence-corrected chi connectivity index (χ3v) is 3.99. The molecule has 1 aliphatic carbocycles. The molecule has 0 bridgehead atoms. The van der Waals surface area contributed by atoms with Crippen molar-refractivity contribution in [3.63, 3.8) is 0 Å². The maximum Gasteiger partial charge on any atom is 0.167 e. The summed E-state index contributed by atoms with van der Waals surface area (Å²) < 4.78 is 5.92. The molecular formula is C15H28O2. The topological polar surface area (TPSA) is 26.3 Å². The van der Waals surface area contributed by atoms with Gasteiger partial charge in [0.1, 0.15) is 5.60 Å². The van der Waals surface area contributed by atoms with E-state index in [0.29, 0.717) is 18.3 Å². The molecular weight excluding hydrogens is 212 g/mol. The first-order valence-corrected chi connectivity index (χ1v) is 7.24. The fourth-order valence-corrected chi connectivity index (χ4v) is 3.22. The summed E-state index contributed by atoms with van der Waals surface area (Å²) in [5.41, 5.74) is -0.457. The van der Waals surface area contributed by atoms with E-state index in [9.17, 15) is 4.79 Å². The first-order valence-electron chi connectivity index (χ1n) is 7.24. The van der Waals surface area contributed by atoms with Crippen LogP contribution in [0.4, 0.5) is 0 Å². The maximum absolute atomic E-state index is 12.6. The lowest BCUT2D eigenvalue weighted by Crippen LogP contribution is -2.48. The number of ketones is 1. The van der Waals surface area contributed by atoms with Crippen LogP contribution in [0.25, 0.3) is 0 Å². The molecule has 1 fully saturated rings. The highest BCUT2D eigenvalue weighted by molar-refractivity contribution is 5.89. The minimum atomic E-state index is -0.457. The van der Waals surface area contributed by atoms with Gasteiger partial charge in [0.2, 0.25) is 0 Å². The van der Waals surface area contributed by atoms with Crippen molar-refractivity contribution >= 4 is 5.78 Å². The van der Waals surface area contributed by atoms with E-state index in [1.54, 1.807) is 0 Å². The van der Waals surface area contributed by atoms with Crippen LogP contribution < -0.4 is 0 Å². The Hall–Kier alpha value is -0.370. The number of carbonyl (C=O) groups excluding carboxylic acids is 1.